The zero-order valence-electron chi connectivity index (χ0n) is 8.52. The molecule has 1 N–H and O–H groups in total. The van der Waals surface area contributed by atoms with Crippen LogP contribution in [0.4, 0.5) is 0 Å². The molecule has 82 valence electrons. The monoisotopic (exact) mass is 251 g/mol. The van der Waals surface area contributed by atoms with Crippen molar-refractivity contribution in [3.8, 4) is 0 Å². The van der Waals surface area contributed by atoms with Crippen LogP contribution in [0, 0.1) is 6.92 Å². The number of thioether (sulfide) groups is 1. The highest BCUT2D eigenvalue weighted by Gasteiger charge is 2.20. The minimum Gasteiger partial charge on any atom is -0.462 e. The molecule has 0 atom stereocenters. The minimum absolute atomic E-state index is 0.143. The maximum absolute atomic E-state index is 11.3. The Morgan fingerprint density at radius 1 is 1.50 bits per heavy atom. The summed E-state index contributed by atoms with van der Waals surface area (Å²) in [4.78, 5) is 11.9. The predicted octanol–water partition coefficient (Wildman–Crippen LogP) is 2.63. The molecule has 1 aliphatic rings. The smallest absolute Gasteiger partial charge is 0.263 e. The van der Waals surface area contributed by atoms with Crippen LogP contribution in [-0.4, -0.2) is 10.2 Å². The molecule has 0 spiro atoms. The number of thiocarbonyl (C=S) groups is 1. The minimum atomic E-state index is -0.143. The Morgan fingerprint density at radius 2 is 2.31 bits per heavy atom. The Bertz CT molecular complexity index is 500. The van der Waals surface area contributed by atoms with Crippen LogP contribution in [0.15, 0.2) is 33.6 Å². The number of hydrogen-bond acceptors (Lipinski definition) is 4. The summed E-state index contributed by atoms with van der Waals surface area (Å²) in [5.74, 6) is 1.48. The van der Waals surface area contributed by atoms with Crippen LogP contribution >= 0.6 is 24.0 Å². The van der Waals surface area contributed by atoms with Crippen LogP contribution in [0.1, 0.15) is 11.5 Å². The van der Waals surface area contributed by atoms with E-state index < -0.39 is 0 Å². The van der Waals surface area contributed by atoms with Gasteiger partial charge in [-0.15, -0.1) is 0 Å². The second kappa shape index (κ2) is 4.67. The van der Waals surface area contributed by atoms with Gasteiger partial charge in [0.1, 0.15) is 15.8 Å². The summed E-state index contributed by atoms with van der Waals surface area (Å²) in [7, 11) is 0. The van der Waals surface area contributed by atoms with Gasteiger partial charge in [0.2, 0.25) is 0 Å². The number of carbonyl (C=O) groups is 1. The Labute approximate surface area is 103 Å². The Balaban J connectivity index is 2.06. The molecule has 0 unspecified atom stereocenters. The van der Waals surface area contributed by atoms with Gasteiger partial charge < -0.3 is 9.73 Å². The van der Waals surface area contributed by atoms with Crippen molar-refractivity contribution in [2.75, 3.05) is 0 Å². The maximum Gasteiger partial charge on any atom is 0.263 e. The van der Waals surface area contributed by atoms with Crippen molar-refractivity contribution in [1.29, 1.82) is 0 Å². The van der Waals surface area contributed by atoms with E-state index in [1.807, 2.05) is 19.1 Å². The average molecular weight is 251 g/mol. The number of aryl methyl sites for hydroxylation is 1. The molecule has 1 fully saturated rings. The van der Waals surface area contributed by atoms with Gasteiger partial charge >= 0.3 is 0 Å². The van der Waals surface area contributed by atoms with E-state index in [0.717, 1.165) is 11.5 Å². The van der Waals surface area contributed by atoms with E-state index in [1.54, 1.807) is 18.2 Å². The molecular formula is C11H9NO2S2. The molecule has 0 bridgehead atoms. The third-order valence-corrected chi connectivity index (χ3v) is 3.09. The van der Waals surface area contributed by atoms with E-state index in [9.17, 15) is 4.79 Å². The van der Waals surface area contributed by atoms with Gasteiger partial charge in [-0.05, 0) is 31.2 Å². The van der Waals surface area contributed by atoms with Crippen molar-refractivity contribution in [2.24, 2.45) is 0 Å². The Hall–Kier alpha value is -1.33. The summed E-state index contributed by atoms with van der Waals surface area (Å²) in [6.45, 7) is 1.88. The molecule has 0 aromatic carbocycles. The summed E-state index contributed by atoms with van der Waals surface area (Å²) in [5, 5.41) is 2.55. The molecule has 2 heterocycles. The topological polar surface area (TPSA) is 42.2 Å². The Kier molecular flexibility index (Phi) is 3.26. The number of carbonyl (C=O) groups excluding carboxylic acids is 1. The van der Waals surface area contributed by atoms with Crippen molar-refractivity contribution in [3.63, 3.8) is 0 Å². The van der Waals surface area contributed by atoms with E-state index in [4.69, 9.17) is 16.6 Å². The van der Waals surface area contributed by atoms with E-state index in [-0.39, 0.29) is 5.91 Å². The molecule has 1 amide bonds. The van der Waals surface area contributed by atoms with Crippen LogP contribution in [0.2, 0.25) is 0 Å². The third kappa shape index (κ3) is 2.62. The quantitative estimate of drug-likeness (QED) is 0.648. The van der Waals surface area contributed by atoms with Crippen molar-refractivity contribution in [2.45, 2.75) is 6.92 Å². The first kappa shape index (κ1) is 11.2. The molecule has 5 heteroatoms. The second-order valence-electron chi connectivity index (χ2n) is 3.18. The van der Waals surface area contributed by atoms with Gasteiger partial charge in [-0.3, -0.25) is 4.79 Å². The van der Waals surface area contributed by atoms with Crippen LogP contribution in [-0.2, 0) is 4.79 Å². The number of amides is 1. The van der Waals surface area contributed by atoms with Crippen molar-refractivity contribution >= 4 is 40.3 Å². The molecule has 16 heavy (non-hydrogen) atoms. The Morgan fingerprint density at radius 3 is 2.88 bits per heavy atom. The fourth-order valence-electron chi connectivity index (χ4n) is 1.21. The predicted molar refractivity (Wildman–Crippen MR) is 68.9 cm³/mol. The standard InChI is InChI=1S/C11H9NO2S2/c1-7-5-6-8(14-7)3-2-4-9-10(13)12-11(15)16-9/h2-6H,1H3,(H,12,13,15). The first-order chi connectivity index (χ1) is 7.65. The molecule has 3 nitrogen and oxygen atoms in total. The lowest BCUT2D eigenvalue weighted by atomic mass is 10.3. The van der Waals surface area contributed by atoms with Crippen molar-refractivity contribution in [3.05, 3.63) is 40.7 Å². The van der Waals surface area contributed by atoms with Gasteiger partial charge in [0.15, 0.2) is 0 Å². The van der Waals surface area contributed by atoms with Gasteiger partial charge in [0.25, 0.3) is 5.91 Å². The van der Waals surface area contributed by atoms with Crippen LogP contribution in [0.5, 0.6) is 0 Å². The molecule has 1 aromatic heterocycles. The number of rotatable bonds is 2. The SMILES string of the molecule is Cc1ccc(C=CC=C2SC(=S)NC2=O)o1. The molecule has 0 radical (unpaired) electrons. The average Bonchev–Trinajstić information content (AvgIpc) is 2.74. The highest BCUT2D eigenvalue weighted by molar-refractivity contribution is 8.26. The zero-order chi connectivity index (χ0) is 11.5. The largest absolute Gasteiger partial charge is 0.462 e. The lowest BCUT2D eigenvalue weighted by Crippen LogP contribution is -2.17. The maximum atomic E-state index is 11.3. The number of hydrogen-bond donors (Lipinski definition) is 1. The first-order valence-electron chi connectivity index (χ1n) is 4.63. The summed E-state index contributed by atoms with van der Waals surface area (Å²) in [6, 6.07) is 3.76. The molecule has 1 saturated heterocycles. The lowest BCUT2D eigenvalue weighted by molar-refractivity contribution is -0.115. The van der Waals surface area contributed by atoms with Gasteiger partial charge in [-0.1, -0.05) is 30.1 Å². The summed E-state index contributed by atoms with van der Waals surface area (Å²) in [5.41, 5.74) is 0. The van der Waals surface area contributed by atoms with Gasteiger partial charge in [-0.25, -0.2) is 0 Å². The van der Waals surface area contributed by atoms with E-state index in [1.165, 1.54) is 11.8 Å². The van der Waals surface area contributed by atoms with Crippen LogP contribution in [0.25, 0.3) is 6.08 Å². The summed E-state index contributed by atoms with van der Waals surface area (Å²) >= 11 is 6.13. The molecule has 2 rings (SSSR count). The highest BCUT2D eigenvalue weighted by Crippen LogP contribution is 2.23. The van der Waals surface area contributed by atoms with E-state index in [2.05, 4.69) is 5.32 Å². The molecule has 1 aliphatic heterocycles. The molecule has 0 saturated carbocycles. The normalized spacial score (nSPS) is 18.7. The molecule has 1 aromatic rings. The first-order valence-corrected chi connectivity index (χ1v) is 5.85. The summed E-state index contributed by atoms with van der Waals surface area (Å²) < 4.78 is 5.85. The number of furan rings is 1. The van der Waals surface area contributed by atoms with Gasteiger partial charge in [-0.2, -0.15) is 0 Å². The third-order valence-electron chi connectivity index (χ3n) is 1.91. The van der Waals surface area contributed by atoms with Crippen LogP contribution < -0.4 is 5.32 Å². The fraction of sp³-hybridized carbons (Fsp3) is 0.0909. The molecular weight excluding hydrogens is 242 g/mol. The van der Waals surface area contributed by atoms with Crippen molar-refractivity contribution in [1.82, 2.24) is 5.32 Å². The van der Waals surface area contributed by atoms with Crippen LogP contribution in [0.3, 0.4) is 0 Å². The van der Waals surface area contributed by atoms with E-state index >= 15 is 0 Å². The second-order valence-corrected chi connectivity index (χ2v) is 4.90. The highest BCUT2D eigenvalue weighted by atomic mass is 32.2. The fourth-order valence-corrected chi connectivity index (χ4v) is 2.20. The lowest BCUT2D eigenvalue weighted by Gasteiger charge is -1.86. The number of nitrogens with one attached hydrogen (secondary N) is 1. The van der Waals surface area contributed by atoms with Gasteiger partial charge in [0, 0.05) is 0 Å². The summed E-state index contributed by atoms with van der Waals surface area (Å²) in [6.07, 6.45) is 5.29. The van der Waals surface area contributed by atoms with E-state index in [0.29, 0.717) is 9.23 Å². The van der Waals surface area contributed by atoms with Crippen molar-refractivity contribution < 1.29 is 9.21 Å². The zero-order valence-corrected chi connectivity index (χ0v) is 10.2. The number of allylic oxidation sites excluding steroid dienone is 2. The molecule has 0 aliphatic carbocycles. The van der Waals surface area contributed by atoms with Gasteiger partial charge in [0.05, 0.1) is 4.91 Å².